The Balaban J connectivity index is 1.56. The Hall–Kier alpha value is -2.05. The first kappa shape index (κ1) is 20.7. The number of guanidine groups is 1. The molecule has 2 fully saturated rings. The van der Waals surface area contributed by atoms with Crippen molar-refractivity contribution in [2.45, 2.75) is 70.4 Å². The van der Waals surface area contributed by atoms with Gasteiger partial charge in [0, 0.05) is 26.8 Å². The van der Waals surface area contributed by atoms with Crippen LogP contribution in [-0.4, -0.2) is 53.7 Å². The lowest BCUT2D eigenvalue weighted by atomic mass is 9.89. The van der Waals surface area contributed by atoms with E-state index >= 15 is 0 Å². The molecule has 0 radical (unpaired) electrons. The van der Waals surface area contributed by atoms with Crippen LogP contribution in [0.2, 0.25) is 0 Å². The minimum atomic E-state index is 0.0395. The highest BCUT2D eigenvalue weighted by atomic mass is 16.2. The highest BCUT2D eigenvalue weighted by Crippen LogP contribution is 2.28. The van der Waals surface area contributed by atoms with Gasteiger partial charge in [-0.25, -0.2) is 4.99 Å². The molecule has 7 nitrogen and oxygen atoms in total. The van der Waals surface area contributed by atoms with Crippen LogP contribution >= 0.6 is 0 Å². The second-order valence-electron chi connectivity index (χ2n) is 8.42. The van der Waals surface area contributed by atoms with E-state index in [-0.39, 0.29) is 12.5 Å². The summed E-state index contributed by atoms with van der Waals surface area (Å²) in [5.41, 5.74) is 0.976. The molecule has 7 heteroatoms. The molecule has 0 aliphatic heterocycles. The molecule has 0 saturated heterocycles. The van der Waals surface area contributed by atoms with Crippen LogP contribution in [0.25, 0.3) is 0 Å². The Bertz CT molecular complexity index is 641. The van der Waals surface area contributed by atoms with Crippen molar-refractivity contribution in [2.24, 2.45) is 10.9 Å². The quantitative estimate of drug-likeness (QED) is 0.556. The molecule has 2 N–H and O–H groups in total. The third-order valence-corrected chi connectivity index (χ3v) is 5.95. The van der Waals surface area contributed by atoms with Crippen molar-refractivity contribution in [3.05, 3.63) is 18.0 Å². The van der Waals surface area contributed by atoms with E-state index in [0.29, 0.717) is 24.5 Å². The standard InChI is InChI=1S/C21H36N6O/c1-26(2)20(28)16-24-21(22-14-17-8-4-3-5-9-17)23-15-18-12-13-27(25-18)19-10-6-7-11-19/h12-13,17,19H,3-11,14-16H2,1-2H3,(H2,22,23,24). The molecule has 1 aromatic rings. The summed E-state index contributed by atoms with van der Waals surface area (Å²) >= 11 is 0. The van der Waals surface area contributed by atoms with E-state index < -0.39 is 0 Å². The van der Waals surface area contributed by atoms with Gasteiger partial charge in [-0.3, -0.25) is 9.48 Å². The number of nitrogens with one attached hydrogen (secondary N) is 2. The smallest absolute Gasteiger partial charge is 0.241 e. The summed E-state index contributed by atoms with van der Waals surface area (Å²) < 4.78 is 2.11. The van der Waals surface area contributed by atoms with E-state index in [1.165, 1.54) is 57.8 Å². The molecule has 156 valence electrons. The number of aliphatic imine (C=N–C) groups is 1. The lowest BCUT2D eigenvalue weighted by molar-refractivity contribution is -0.127. The number of rotatable bonds is 7. The van der Waals surface area contributed by atoms with Crippen LogP contribution in [0, 0.1) is 5.92 Å². The Morgan fingerprint density at radius 3 is 2.57 bits per heavy atom. The van der Waals surface area contributed by atoms with E-state index in [4.69, 9.17) is 10.1 Å². The van der Waals surface area contributed by atoms with Gasteiger partial charge in [-0.05, 0) is 37.7 Å². The maximum Gasteiger partial charge on any atom is 0.241 e. The minimum Gasteiger partial charge on any atom is -0.356 e. The molecule has 2 aliphatic rings. The van der Waals surface area contributed by atoms with Crippen LogP contribution in [0.3, 0.4) is 0 Å². The van der Waals surface area contributed by atoms with Gasteiger partial charge in [0.15, 0.2) is 5.96 Å². The minimum absolute atomic E-state index is 0.0395. The van der Waals surface area contributed by atoms with Gasteiger partial charge in [0.2, 0.25) is 5.91 Å². The SMILES string of the molecule is CN(C)C(=O)CNC(=NCc1ccn(C2CCCC2)n1)NCC1CCCCC1. The number of amides is 1. The van der Waals surface area contributed by atoms with Crippen molar-refractivity contribution in [3.63, 3.8) is 0 Å². The highest BCUT2D eigenvalue weighted by molar-refractivity contribution is 5.86. The number of likely N-dealkylation sites (N-methyl/N-ethyl adjacent to an activating group) is 1. The van der Waals surface area contributed by atoms with E-state index in [1.54, 1.807) is 19.0 Å². The maximum absolute atomic E-state index is 11.9. The highest BCUT2D eigenvalue weighted by Gasteiger charge is 2.18. The van der Waals surface area contributed by atoms with Gasteiger partial charge in [0.1, 0.15) is 0 Å². The van der Waals surface area contributed by atoms with Gasteiger partial charge in [-0.1, -0.05) is 32.1 Å². The molecular formula is C21H36N6O. The molecule has 1 amide bonds. The zero-order valence-electron chi connectivity index (χ0n) is 17.5. The Kier molecular flexibility index (Phi) is 7.74. The summed E-state index contributed by atoms with van der Waals surface area (Å²) in [4.78, 5) is 18.2. The van der Waals surface area contributed by atoms with Crippen LogP contribution in [0.15, 0.2) is 17.3 Å². The normalized spacial score (nSPS) is 19.0. The molecule has 0 atom stereocenters. The molecule has 0 unspecified atom stereocenters. The largest absolute Gasteiger partial charge is 0.356 e. The molecule has 0 spiro atoms. The number of nitrogens with zero attached hydrogens (tertiary/aromatic N) is 4. The molecule has 2 saturated carbocycles. The lowest BCUT2D eigenvalue weighted by Gasteiger charge is -2.23. The second kappa shape index (κ2) is 10.5. The van der Waals surface area contributed by atoms with Gasteiger partial charge < -0.3 is 15.5 Å². The Morgan fingerprint density at radius 2 is 1.86 bits per heavy atom. The first-order valence-corrected chi connectivity index (χ1v) is 10.9. The fraction of sp³-hybridized carbons (Fsp3) is 0.762. The van der Waals surface area contributed by atoms with Crippen LogP contribution in [0.1, 0.15) is 69.5 Å². The Morgan fingerprint density at radius 1 is 1.14 bits per heavy atom. The van der Waals surface area contributed by atoms with Gasteiger partial charge in [0.25, 0.3) is 0 Å². The molecule has 0 aromatic carbocycles. The molecule has 2 aliphatic carbocycles. The van der Waals surface area contributed by atoms with Crippen LogP contribution in [-0.2, 0) is 11.3 Å². The van der Waals surface area contributed by atoms with E-state index in [0.717, 1.165) is 12.2 Å². The molecule has 1 heterocycles. The first-order chi connectivity index (χ1) is 13.6. The number of hydrogen-bond donors (Lipinski definition) is 2. The zero-order valence-corrected chi connectivity index (χ0v) is 17.5. The van der Waals surface area contributed by atoms with E-state index in [1.807, 2.05) is 0 Å². The third-order valence-electron chi connectivity index (χ3n) is 5.95. The molecule has 0 bridgehead atoms. The van der Waals surface area contributed by atoms with Crippen molar-refractivity contribution in [2.75, 3.05) is 27.2 Å². The zero-order chi connectivity index (χ0) is 19.8. The van der Waals surface area contributed by atoms with Crippen LogP contribution in [0.5, 0.6) is 0 Å². The van der Waals surface area contributed by atoms with Gasteiger partial charge in [0.05, 0.1) is 24.8 Å². The number of hydrogen-bond acceptors (Lipinski definition) is 3. The van der Waals surface area contributed by atoms with Crippen molar-refractivity contribution in [1.29, 1.82) is 0 Å². The summed E-state index contributed by atoms with van der Waals surface area (Å²) in [5.74, 6) is 1.45. The summed E-state index contributed by atoms with van der Waals surface area (Å²) in [7, 11) is 3.54. The monoisotopic (exact) mass is 388 g/mol. The van der Waals surface area contributed by atoms with Crippen molar-refractivity contribution in [1.82, 2.24) is 25.3 Å². The van der Waals surface area contributed by atoms with Crippen molar-refractivity contribution < 1.29 is 4.79 Å². The molecule has 28 heavy (non-hydrogen) atoms. The van der Waals surface area contributed by atoms with Gasteiger partial charge >= 0.3 is 0 Å². The van der Waals surface area contributed by atoms with Crippen molar-refractivity contribution >= 4 is 11.9 Å². The fourth-order valence-corrected chi connectivity index (χ4v) is 4.12. The molecule has 1 aromatic heterocycles. The van der Waals surface area contributed by atoms with Crippen molar-refractivity contribution in [3.8, 4) is 0 Å². The second-order valence-corrected chi connectivity index (χ2v) is 8.42. The Labute approximate surface area is 169 Å². The predicted octanol–water partition coefficient (Wildman–Crippen LogP) is 2.70. The fourth-order valence-electron chi connectivity index (χ4n) is 4.12. The maximum atomic E-state index is 11.9. The van der Waals surface area contributed by atoms with E-state index in [2.05, 4.69) is 27.6 Å². The number of carbonyl (C=O) groups is 1. The average molecular weight is 389 g/mol. The molecular weight excluding hydrogens is 352 g/mol. The summed E-state index contributed by atoms with van der Waals surface area (Å²) in [5, 5.41) is 11.4. The first-order valence-electron chi connectivity index (χ1n) is 10.9. The van der Waals surface area contributed by atoms with Crippen LogP contribution < -0.4 is 10.6 Å². The van der Waals surface area contributed by atoms with Gasteiger partial charge in [-0.2, -0.15) is 5.10 Å². The third kappa shape index (κ3) is 6.24. The lowest BCUT2D eigenvalue weighted by Crippen LogP contribution is -2.44. The topological polar surface area (TPSA) is 74.5 Å². The average Bonchev–Trinajstić information content (AvgIpc) is 3.39. The summed E-state index contributed by atoms with van der Waals surface area (Å²) in [6, 6.07) is 2.61. The molecule has 3 rings (SSSR count). The van der Waals surface area contributed by atoms with Gasteiger partial charge in [-0.15, -0.1) is 0 Å². The van der Waals surface area contributed by atoms with Crippen LogP contribution in [0.4, 0.5) is 0 Å². The summed E-state index contributed by atoms with van der Waals surface area (Å²) in [6.45, 7) is 1.69. The predicted molar refractivity (Wildman–Crippen MR) is 112 cm³/mol. The number of carbonyl (C=O) groups excluding carboxylic acids is 1. The summed E-state index contributed by atoms with van der Waals surface area (Å²) in [6.07, 6.45) is 13.7. The van der Waals surface area contributed by atoms with E-state index in [9.17, 15) is 4.79 Å². The number of aromatic nitrogens is 2.